The topological polar surface area (TPSA) is 58.9 Å². The van der Waals surface area contributed by atoms with Gasteiger partial charge in [0.25, 0.3) is 0 Å². The molecule has 0 saturated carbocycles. The van der Waals surface area contributed by atoms with Crippen molar-refractivity contribution >= 4 is 0 Å². The zero-order valence-electron chi connectivity index (χ0n) is 4.99. The molecule has 0 aliphatic carbocycles. The van der Waals surface area contributed by atoms with E-state index in [-0.39, 0.29) is 20.0 Å². The Morgan fingerprint density at radius 3 is 1.89 bits per heavy atom. The Labute approximate surface area is 53.0 Å². The first-order chi connectivity index (χ1) is 4.30. The first-order valence-electron chi connectivity index (χ1n) is 2.82. The van der Waals surface area contributed by atoms with Crippen molar-refractivity contribution in [2.45, 2.75) is 12.2 Å². The van der Waals surface area contributed by atoms with Crippen molar-refractivity contribution in [2.75, 3.05) is 20.0 Å². The predicted molar refractivity (Wildman–Crippen MR) is 28.8 cm³/mol. The van der Waals surface area contributed by atoms with Gasteiger partial charge in [0.1, 0.15) is 19.0 Å². The van der Waals surface area contributed by atoms with Crippen LogP contribution in [0.3, 0.4) is 0 Å². The Morgan fingerprint density at radius 2 is 1.44 bits per heavy atom. The molecule has 1 aliphatic rings. The molecule has 4 heteroatoms. The average molecular weight is 134 g/mol. The Balaban J connectivity index is 2.32. The fourth-order valence-corrected chi connectivity index (χ4v) is 0.619. The van der Waals surface area contributed by atoms with Crippen LogP contribution in [0.25, 0.3) is 0 Å². The normalized spacial score (nSPS) is 38.0. The second-order valence-electron chi connectivity index (χ2n) is 1.99. The lowest BCUT2D eigenvalue weighted by Gasteiger charge is -2.10. The van der Waals surface area contributed by atoms with Gasteiger partial charge >= 0.3 is 0 Å². The molecule has 1 saturated heterocycles. The molecule has 2 N–H and O–H groups in total. The molecule has 0 aromatic rings. The summed E-state index contributed by atoms with van der Waals surface area (Å²) in [6.07, 6.45) is -1.60. The van der Waals surface area contributed by atoms with Crippen LogP contribution >= 0.6 is 0 Å². The van der Waals surface area contributed by atoms with E-state index in [9.17, 15) is 0 Å². The maximum atomic E-state index is 8.90. The van der Waals surface area contributed by atoms with Gasteiger partial charge in [0, 0.05) is 0 Å². The van der Waals surface area contributed by atoms with Crippen LogP contribution in [0.4, 0.5) is 0 Å². The highest BCUT2D eigenvalue weighted by molar-refractivity contribution is 4.66. The molecule has 2 unspecified atom stereocenters. The smallest absolute Gasteiger partial charge is 0.146 e. The summed E-state index contributed by atoms with van der Waals surface area (Å²) in [6.45, 7) is 0.469. The highest BCUT2D eigenvalue weighted by Crippen LogP contribution is 2.00. The van der Waals surface area contributed by atoms with Crippen molar-refractivity contribution in [3.63, 3.8) is 0 Å². The quantitative estimate of drug-likeness (QED) is 0.433. The molecule has 1 rings (SSSR count). The minimum atomic E-state index is -0.799. The lowest BCUT2D eigenvalue weighted by molar-refractivity contribution is -0.0433. The molecule has 0 aromatic heterocycles. The molecule has 1 heterocycles. The summed E-state index contributed by atoms with van der Waals surface area (Å²) in [5.74, 6) is 0. The van der Waals surface area contributed by atoms with Crippen molar-refractivity contribution in [1.82, 2.24) is 0 Å². The van der Waals surface area contributed by atoms with Crippen LogP contribution in [-0.2, 0) is 9.47 Å². The fraction of sp³-hybridized carbons (Fsp3) is 1.00. The van der Waals surface area contributed by atoms with Gasteiger partial charge in [-0.15, -0.1) is 0 Å². The van der Waals surface area contributed by atoms with Crippen LogP contribution in [0.2, 0.25) is 0 Å². The first-order valence-corrected chi connectivity index (χ1v) is 2.82. The lowest BCUT2D eigenvalue weighted by Crippen LogP contribution is -2.30. The van der Waals surface area contributed by atoms with Gasteiger partial charge < -0.3 is 19.7 Å². The van der Waals surface area contributed by atoms with Gasteiger partial charge in [0.15, 0.2) is 0 Å². The van der Waals surface area contributed by atoms with Crippen LogP contribution in [0.5, 0.6) is 0 Å². The molecule has 1 aliphatic heterocycles. The predicted octanol–water partition coefficient (Wildman–Crippen LogP) is -1.29. The molecular weight excluding hydrogens is 124 g/mol. The zero-order valence-corrected chi connectivity index (χ0v) is 4.99. The standard InChI is InChI=1S/C5H10O4/c6-4-1-8-3-9-2-5(4)7/h4-7H,1-3H2. The molecule has 0 bridgehead atoms. The number of ether oxygens (including phenoxy) is 2. The number of hydrogen-bond donors (Lipinski definition) is 2. The molecule has 4 nitrogen and oxygen atoms in total. The molecule has 9 heavy (non-hydrogen) atoms. The van der Waals surface area contributed by atoms with Crippen molar-refractivity contribution in [3.05, 3.63) is 0 Å². The maximum Gasteiger partial charge on any atom is 0.146 e. The highest BCUT2D eigenvalue weighted by Gasteiger charge is 2.19. The molecular formula is C5H10O4. The number of aliphatic hydroxyl groups excluding tert-OH is 2. The number of rotatable bonds is 0. The van der Waals surface area contributed by atoms with E-state index in [1.165, 1.54) is 0 Å². The van der Waals surface area contributed by atoms with Crippen molar-refractivity contribution in [2.24, 2.45) is 0 Å². The van der Waals surface area contributed by atoms with Crippen LogP contribution in [0.1, 0.15) is 0 Å². The van der Waals surface area contributed by atoms with Gasteiger partial charge in [-0.1, -0.05) is 0 Å². The number of hydrogen-bond acceptors (Lipinski definition) is 4. The Bertz CT molecular complexity index is 75.0. The average Bonchev–Trinajstić information content (AvgIpc) is 1.99. The van der Waals surface area contributed by atoms with Crippen LogP contribution in [0.15, 0.2) is 0 Å². The first kappa shape index (κ1) is 6.95. The Hall–Kier alpha value is -0.160. The maximum absolute atomic E-state index is 8.90. The van der Waals surface area contributed by atoms with E-state index in [2.05, 4.69) is 0 Å². The third kappa shape index (κ3) is 1.91. The lowest BCUT2D eigenvalue weighted by atomic mass is 10.2. The van der Waals surface area contributed by atoms with Gasteiger partial charge in [-0.3, -0.25) is 0 Å². The minimum absolute atomic E-state index is 0.154. The second kappa shape index (κ2) is 3.12. The number of aliphatic hydroxyl groups is 2. The third-order valence-corrected chi connectivity index (χ3v) is 1.19. The minimum Gasteiger partial charge on any atom is -0.388 e. The molecule has 54 valence electrons. The van der Waals surface area contributed by atoms with E-state index in [1.54, 1.807) is 0 Å². The van der Waals surface area contributed by atoms with Crippen LogP contribution < -0.4 is 0 Å². The zero-order chi connectivity index (χ0) is 6.69. The van der Waals surface area contributed by atoms with E-state index in [1.807, 2.05) is 0 Å². The van der Waals surface area contributed by atoms with Crippen molar-refractivity contribution in [1.29, 1.82) is 0 Å². The van der Waals surface area contributed by atoms with Crippen molar-refractivity contribution < 1.29 is 19.7 Å². The molecule has 0 radical (unpaired) electrons. The summed E-state index contributed by atoms with van der Waals surface area (Å²) in [4.78, 5) is 0. The van der Waals surface area contributed by atoms with Crippen LogP contribution in [0, 0.1) is 0 Å². The molecule has 0 amide bonds. The molecule has 2 atom stereocenters. The Kier molecular flexibility index (Phi) is 2.41. The summed E-state index contributed by atoms with van der Waals surface area (Å²) < 4.78 is 9.49. The molecule has 1 fully saturated rings. The fourth-order valence-electron chi connectivity index (χ4n) is 0.619. The molecule has 0 spiro atoms. The summed E-state index contributed by atoms with van der Waals surface area (Å²) >= 11 is 0. The van der Waals surface area contributed by atoms with E-state index in [0.717, 1.165) is 0 Å². The monoisotopic (exact) mass is 134 g/mol. The van der Waals surface area contributed by atoms with Gasteiger partial charge in [-0.05, 0) is 0 Å². The molecule has 0 aromatic carbocycles. The third-order valence-electron chi connectivity index (χ3n) is 1.19. The largest absolute Gasteiger partial charge is 0.388 e. The van der Waals surface area contributed by atoms with E-state index in [4.69, 9.17) is 19.7 Å². The van der Waals surface area contributed by atoms with E-state index >= 15 is 0 Å². The summed E-state index contributed by atoms with van der Waals surface area (Å²) in [6, 6.07) is 0. The Morgan fingerprint density at radius 1 is 1.00 bits per heavy atom. The van der Waals surface area contributed by atoms with Crippen LogP contribution in [-0.4, -0.2) is 42.4 Å². The summed E-state index contributed by atoms with van der Waals surface area (Å²) in [5, 5.41) is 17.8. The van der Waals surface area contributed by atoms with Crippen molar-refractivity contribution in [3.8, 4) is 0 Å². The van der Waals surface area contributed by atoms with Gasteiger partial charge in [-0.25, -0.2) is 0 Å². The highest BCUT2D eigenvalue weighted by atomic mass is 16.7. The second-order valence-corrected chi connectivity index (χ2v) is 1.99. The van der Waals surface area contributed by atoms with E-state index < -0.39 is 12.2 Å². The van der Waals surface area contributed by atoms with Gasteiger partial charge in [-0.2, -0.15) is 0 Å². The van der Waals surface area contributed by atoms with E-state index in [0.29, 0.717) is 0 Å². The van der Waals surface area contributed by atoms with Gasteiger partial charge in [0.05, 0.1) is 13.2 Å². The van der Waals surface area contributed by atoms with Gasteiger partial charge in [0.2, 0.25) is 0 Å². The summed E-state index contributed by atoms with van der Waals surface area (Å²) in [5.41, 5.74) is 0. The summed E-state index contributed by atoms with van der Waals surface area (Å²) in [7, 11) is 0. The SMILES string of the molecule is OC1COCOCC1O.